The van der Waals surface area contributed by atoms with Gasteiger partial charge in [0.1, 0.15) is 0 Å². The zero-order valence-electron chi connectivity index (χ0n) is 8.72. The molecule has 0 amide bonds. The summed E-state index contributed by atoms with van der Waals surface area (Å²) >= 11 is 3.71. The molecule has 2 rings (SSSR count). The highest BCUT2D eigenvalue weighted by atomic mass is 79.9. The summed E-state index contributed by atoms with van der Waals surface area (Å²) in [6, 6.07) is 7.01. The van der Waals surface area contributed by atoms with E-state index in [1.807, 2.05) is 0 Å². The number of fused-ring (bicyclic) bond motifs is 1. The number of hydrogen-bond donors (Lipinski definition) is 0. The van der Waals surface area contributed by atoms with Gasteiger partial charge in [-0.25, -0.2) is 0 Å². The van der Waals surface area contributed by atoms with Crippen LogP contribution in [0.4, 0.5) is 0 Å². The van der Waals surface area contributed by atoms with Crippen LogP contribution in [0.3, 0.4) is 0 Å². The Morgan fingerprint density at radius 2 is 1.93 bits per heavy atom. The van der Waals surface area contributed by atoms with Crippen molar-refractivity contribution in [1.29, 1.82) is 0 Å². The average Bonchev–Trinajstić information content (AvgIpc) is 2.27. The van der Waals surface area contributed by atoms with E-state index in [9.17, 15) is 0 Å². The van der Waals surface area contributed by atoms with Crippen LogP contribution in [0.5, 0.6) is 0 Å². The fourth-order valence-corrected chi connectivity index (χ4v) is 2.47. The zero-order chi connectivity index (χ0) is 9.97. The van der Waals surface area contributed by atoms with Gasteiger partial charge in [0.05, 0.1) is 0 Å². The van der Waals surface area contributed by atoms with Crippen LogP contribution < -0.4 is 0 Å². The van der Waals surface area contributed by atoms with Gasteiger partial charge in [-0.15, -0.1) is 0 Å². The molecule has 1 unspecified atom stereocenters. The SMILES string of the molecule is CCC(Br)c1ccc2c(c1)CCCC2. The maximum Gasteiger partial charge on any atom is 0.0392 e. The van der Waals surface area contributed by atoms with E-state index in [1.165, 1.54) is 37.7 Å². The van der Waals surface area contributed by atoms with Crippen LogP contribution in [0.2, 0.25) is 0 Å². The Balaban J connectivity index is 2.29. The van der Waals surface area contributed by atoms with Crippen molar-refractivity contribution in [3.63, 3.8) is 0 Å². The lowest BCUT2D eigenvalue weighted by Gasteiger charge is -2.18. The highest BCUT2D eigenvalue weighted by Gasteiger charge is 2.11. The van der Waals surface area contributed by atoms with Crippen molar-refractivity contribution in [3.8, 4) is 0 Å². The fourth-order valence-electron chi connectivity index (χ4n) is 2.18. The molecule has 0 aliphatic heterocycles. The molecule has 1 aromatic rings. The fraction of sp³-hybridized carbons (Fsp3) is 0.538. The Bertz CT molecular complexity index is 317. The predicted molar refractivity (Wildman–Crippen MR) is 65.0 cm³/mol. The summed E-state index contributed by atoms with van der Waals surface area (Å²) in [6.45, 7) is 2.22. The van der Waals surface area contributed by atoms with E-state index in [0.29, 0.717) is 4.83 Å². The minimum Gasteiger partial charge on any atom is -0.0839 e. The number of halogens is 1. The van der Waals surface area contributed by atoms with Gasteiger partial charge in [0.15, 0.2) is 0 Å². The molecule has 1 aliphatic carbocycles. The van der Waals surface area contributed by atoms with Crippen LogP contribution in [0.25, 0.3) is 0 Å². The minimum atomic E-state index is 0.537. The molecule has 0 saturated heterocycles. The van der Waals surface area contributed by atoms with Gasteiger partial charge >= 0.3 is 0 Å². The second-order valence-electron chi connectivity index (χ2n) is 4.11. The van der Waals surface area contributed by atoms with E-state index in [1.54, 1.807) is 11.1 Å². The summed E-state index contributed by atoms with van der Waals surface area (Å²) in [4.78, 5) is 0.537. The second kappa shape index (κ2) is 4.48. The van der Waals surface area contributed by atoms with Crippen LogP contribution in [0.1, 0.15) is 47.7 Å². The molecule has 1 atom stereocenters. The summed E-state index contributed by atoms with van der Waals surface area (Å²) in [5.41, 5.74) is 4.62. The molecular formula is C13H17Br. The Kier molecular flexibility index (Phi) is 3.27. The molecule has 0 spiro atoms. The lowest BCUT2D eigenvalue weighted by molar-refractivity contribution is 0.683. The molecule has 0 saturated carbocycles. The second-order valence-corrected chi connectivity index (χ2v) is 5.22. The minimum absolute atomic E-state index is 0.537. The summed E-state index contributed by atoms with van der Waals surface area (Å²) in [5, 5.41) is 0. The first-order chi connectivity index (χ1) is 6.81. The third kappa shape index (κ3) is 2.03. The molecular weight excluding hydrogens is 236 g/mol. The van der Waals surface area contributed by atoms with Gasteiger partial charge in [-0.05, 0) is 48.8 Å². The standard InChI is InChI=1S/C13H17Br/c1-2-13(14)12-8-7-10-5-3-4-6-11(10)9-12/h7-9,13H,2-6H2,1H3. The lowest BCUT2D eigenvalue weighted by Crippen LogP contribution is -2.03. The third-order valence-corrected chi connectivity index (χ3v) is 4.27. The number of aryl methyl sites for hydroxylation is 2. The van der Waals surface area contributed by atoms with Gasteiger partial charge in [-0.2, -0.15) is 0 Å². The van der Waals surface area contributed by atoms with Gasteiger partial charge in [-0.1, -0.05) is 41.1 Å². The molecule has 1 aromatic carbocycles. The average molecular weight is 253 g/mol. The van der Waals surface area contributed by atoms with Crippen molar-refractivity contribution in [1.82, 2.24) is 0 Å². The molecule has 14 heavy (non-hydrogen) atoms. The number of hydrogen-bond acceptors (Lipinski definition) is 0. The molecule has 0 bridgehead atoms. The van der Waals surface area contributed by atoms with Crippen molar-refractivity contribution in [2.75, 3.05) is 0 Å². The Hall–Kier alpha value is -0.300. The van der Waals surface area contributed by atoms with Crippen molar-refractivity contribution >= 4 is 15.9 Å². The number of rotatable bonds is 2. The Labute approximate surface area is 94.8 Å². The van der Waals surface area contributed by atoms with Crippen LogP contribution >= 0.6 is 15.9 Å². The molecule has 0 nitrogen and oxygen atoms in total. The Morgan fingerprint density at radius 3 is 2.64 bits per heavy atom. The van der Waals surface area contributed by atoms with Crippen molar-refractivity contribution in [2.45, 2.75) is 43.9 Å². The van der Waals surface area contributed by atoms with Crippen molar-refractivity contribution in [2.24, 2.45) is 0 Å². The van der Waals surface area contributed by atoms with Crippen molar-refractivity contribution < 1.29 is 0 Å². The van der Waals surface area contributed by atoms with Crippen molar-refractivity contribution in [3.05, 3.63) is 34.9 Å². The maximum absolute atomic E-state index is 3.71. The van der Waals surface area contributed by atoms with E-state index >= 15 is 0 Å². The summed E-state index contributed by atoms with van der Waals surface area (Å²) in [6.07, 6.45) is 6.48. The van der Waals surface area contributed by atoms with E-state index in [0.717, 1.165) is 0 Å². The first kappa shape index (κ1) is 10.2. The van der Waals surface area contributed by atoms with Gasteiger partial charge in [0.25, 0.3) is 0 Å². The molecule has 1 heteroatoms. The quantitative estimate of drug-likeness (QED) is 0.685. The van der Waals surface area contributed by atoms with E-state index < -0.39 is 0 Å². The molecule has 76 valence electrons. The van der Waals surface area contributed by atoms with Crippen LogP contribution in [-0.2, 0) is 12.8 Å². The van der Waals surface area contributed by atoms with Gasteiger partial charge < -0.3 is 0 Å². The van der Waals surface area contributed by atoms with Gasteiger partial charge in [0.2, 0.25) is 0 Å². The molecule has 0 heterocycles. The maximum atomic E-state index is 3.71. The third-order valence-electron chi connectivity index (χ3n) is 3.09. The molecule has 1 aliphatic rings. The summed E-state index contributed by atoms with van der Waals surface area (Å²) < 4.78 is 0. The van der Waals surface area contributed by atoms with E-state index in [4.69, 9.17) is 0 Å². The van der Waals surface area contributed by atoms with Gasteiger partial charge in [0, 0.05) is 4.83 Å². The van der Waals surface area contributed by atoms with E-state index in [-0.39, 0.29) is 0 Å². The first-order valence-electron chi connectivity index (χ1n) is 5.57. The highest BCUT2D eigenvalue weighted by molar-refractivity contribution is 9.09. The summed E-state index contributed by atoms with van der Waals surface area (Å²) in [7, 11) is 0. The number of benzene rings is 1. The molecule has 0 N–H and O–H groups in total. The smallest absolute Gasteiger partial charge is 0.0392 e. The highest BCUT2D eigenvalue weighted by Crippen LogP contribution is 2.30. The van der Waals surface area contributed by atoms with Crippen LogP contribution in [0.15, 0.2) is 18.2 Å². The van der Waals surface area contributed by atoms with Crippen LogP contribution in [-0.4, -0.2) is 0 Å². The zero-order valence-corrected chi connectivity index (χ0v) is 10.3. The largest absolute Gasteiger partial charge is 0.0839 e. The molecule has 0 fully saturated rings. The topological polar surface area (TPSA) is 0 Å². The molecule has 0 aromatic heterocycles. The van der Waals surface area contributed by atoms with Gasteiger partial charge in [-0.3, -0.25) is 0 Å². The lowest BCUT2D eigenvalue weighted by atomic mass is 9.90. The first-order valence-corrected chi connectivity index (χ1v) is 6.48. The monoisotopic (exact) mass is 252 g/mol. The molecule has 0 radical (unpaired) electrons. The predicted octanol–water partition coefficient (Wildman–Crippen LogP) is 4.41. The number of alkyl halides is 1. The summed E-state index contributed by atoms with van der Waals surface area (Å²) in [5.74, 6) is 0. The van der Waals surface area contributed by atoms with Crippen LogP contribution in [0, 0.1) is 0 Å². The van der Waals surface area contributed by atoms with E-state index in [2.05, 4.69) is 41.1 Å². The normalized spacial score (nSPS) is 17.6. The Morgan fingerprint density at radius 1 is 1.21 bits per heavy atom.